The Morgan fingerprint density at radius 1 is 1.36 bits per heavy atom. The van der Waals surface area contributed by atoms with Crippen molar-refractivity contribution < 1.29 is 9.32 Å². The molecule has 2 aromatic rings. The standard InChI is InChI=1S/C19H26N4O2/c1-5-6-16-11-18(21-25-16)19(24)23-8-7-14(12-23)17-10-15(22(3)4)9-13(2)20-17/h9-11,14H,5-8,12H2,1-4H3. The van der Waals surface area contributed by atoms with E-state index in [1.807, 2.05) is 25.9 Å². The molecule has 2 aromatic heterocycles. The van der Waals surface area contributed by atoms with Gasteiger partial charge in [0.15, 0.2) is 5.69 Å². The molecule has 0 radical (unpaired) electrons. The average Bonchev–Trinajstić information content (AvgIpc) is 3.23. The van der Waals surface area contributed by atoms with Crippen LogP contribution in [0.25, 0.3) is 0 Å². The van der Waals surface area contributed by atoms with Crippen LogP contribution in [0.1, 0.15) is 53.3 Å². The second-order valence-corrected chi connectivity index (χ2v) is 6.95. The second-order valence-electron chi connectivity index (χ2n) is 6.95. The number of hydrogen-bond acceptors (Lipinski definition) is 5. The van der Waals surface area contributed by atoms with E-state index in [0.29, 0.717) is 12.2 Å². The highest BCUT2D eigenvalue weighted by Gasteiger charge is 2.30. The maximum Gasteiger partial charge on any atom is 0.276 e. The van der Waals surface area contributed by atoms with Crippen molar-refractivity contribution >= 4 is 11.6 Å². The molecule has 0 N–H and O–H groups in total. The van der Waals surface area contributed by atoms with Gasteiger partial charge in [0.25, 0.3) is 5.91 Å². The first kappa shape index (κ1) is 17.5. The summed E-state index contributed by atoms with van der Waals surface area (Å²) < 4.78 is 5.24. The molecule has 1 amide bonds. The molecule has 1 saturated heterocycles. The number of hydrogen-bond donors (Lipinski definition) is 0. The molecular formula is C19H26N4O2. The van der Waals surface area contributed by atoms with Crippen LogP contribution in [-0.4, -0.2) is 48.1 Å². The van der Waals surface area contributed by atoms with E-state index in [-0.39, 0.29) is 11.8 Å². The molecule has 0 saturated carbocycles. The van der Waals surface area contributed by atoms with Crippen molar-refractivity contribution in [2.75, 3.05) is 32.1 Å². The quantitative estimate of drug-likeness (QED) is 0.836. The van der Waals surface area contributed by atoms with Gasteiger partial charge in [-0.2, -0.15) is 0 Å². The monoisotopic (exact) mass is 342 g/mol. The maximum absolute atomic E-state index is 12.7. The molecular weight excluding hydrogens is 316 g/mol. The summed E-state index contributed by atoms with van der Waals surface area (Å²) in [4.78, 5) is 21.3. The first-order valence-electron chi connectivity index (χ1n) is 8.88. The van der Waals surface area contributed by atoms with Crippen LogP contribution in [0.5, 0.6) is 0 Å². The summed E-state index contributed by atoms with van der Waals surface area (Å²) in [6.07, 6.45) is 2.71. The Morgan fingerprint density at radius 2 is 2.16 bits per heavy atom. The number of aryl methyl sites for hydroxylation is 2. The van der Waals surface area contributed by atoms with Crippen LogP contribution in [0.15, 0.2) is 22.7 Å². The summed E-state index contributed by atoms with van der Waals surface area (Å²) in [5, 5.41) is 3.94. The van der Waals surface area contributed by atoms with Gasteiger partial charge in [0.2, 0.25) is 0 Å². The first-order chi connectivity index (χ1) is 12.0. The minimum absolute atomic E-state index is 0.0471. The molecule has 1 aliphatic rings. The predicted molar refractivity (Wildman–Crippen MR) is 97.1 cm³/mol. The molecule has 0 aliphatic carbocycles. The molecule has 0 aromatic carbocycles. The molecule has 0 bridgehead atoms. The van der Waals surface area contributed by atoms with Gasteiger partial charge in [-0.3, -0.25) is 9.78 Å². The molecule has 6 nitrogen and oxygen atoms in total. The second kappa shape index (κ2) is 7.25. The summed E-state index contributed by atoms with van der Waals surface area (Å²) >= 11 is 0. The zero-order valence-electron chi connectivity index (χ0n) is 15.5. The van der Waals surface area contributed by atoms with Gasteiger partial charge in [-0.15, -0.1) is 0 Å². The lowest BCUT2D eigenvalue weighted by Gasteiger charge is -2.18. The number of pyridine rings is 1. The summed E-state index contributed by atoms with van der Waals surface area (Å²) in [7, 11) is 4.06. The number of carbonyl (C=O) groups is 1. The lowest BCUT2D eigenvalue weighted by atomic mass is 10.0. The Hall–Kier alpha value is -2.37. The van der Waals surface area contributed by atoms with Crippen LogP contribution in [0.3, 0.4) is 0 Å². The molecule has 1 aliphatic heterocycles. The third-order valence-electron chi connectivity index (χ3n) is 4.64. The van der Waals surface area contributed by atoms with Crippen LogP contribution in [0.4, 0.5) is 5.69 Å². The average molecular weight is 342 g/mol. The highest BCUT2D eigenvalue weighted by atomic mass is 16.5. The van der Waals surface area contributed by atoms with Gasteiger partial charge >= 0.3 is 0 Å². The Morgan fingerprint density at radius 3 is 2.88 bits per heavy atom. The zero-order valence-corrected chi connectivity index (χ0v) is 15.5. The minimum atomic E-state index is -0.0471. The molecule has 3 heterocycles. The van der Waals surface area contributed by atoms with E-state index >= 15 is 0 Å². The SMILES string of the molecule is CCCc1cc(C(=O)N2CCC(c3cc(N(C)C)cc(C)n3)C2)no1. The summed E-state index contributed by atoms with van der Waals surface area (Å²) in [6, 6.07) is 5.97. The Bertz CT molecular complexity index is 754. The Balaban J connectivity index is 1.71. The number of likely N-dealkylation sites (tertiary alicyclic amines) is 1. The molecule has 1 atom stereocenters. The van der Waals surface area contributed by atoms with Gasteiger partial charge in [0, 0.05) is 62.7 Å². The minimum Gasteiger partial charge on any atom is -0.378 e. The van der Waals surface area contributed by atoms with Crippen LogP contribution in [0, 0.1) is 6.92 Å². The largest absolute Gasteiger partial charge is 0.378 e. The van der Waals surface area contributed by atoms with Crippen molar-refractivity contribution in [3.63, 3.8) is 0 Å². The van der Waals surface area contributed by atoms with Gasteiger partial charge in [-0.05, 0) is 31.9 Å². The van der Waals surface area contributed by atoms with Gasteiger partial charge in [-0.1, -0.05) is 12.1 Å². The summed E-state index contributed by atoms with van der Waals surface area (Å²) in [6.45, 7) is 5.50. The van der Waals surface area contributed by atoms with E-state index in [1.54, 1.807) is 6.07 Å². The first-order valence-corrected chi connectivity index (χ1v) is 8.88. The number of aromatic nitrogens is 2. The normalized spacial score (nSPS) is 17.1. The highest BCUT2D eigenvalue weighted by Crippen LogP contribution is 2.29. The van der Waals surface area contributed by atoms with Crippen LogP contribution in [0.2, 0.25) is 0 Å². The highest BCUT2D eigenvalue weighted by molar-refractivity contribution is 5.92. The van der Waals surface area contributed by atoms with Gasteiger partial charge < -0.3 is 14.3 Å². The van der Waals surface area contributed by atoms with Crippen LogP contribution >= 0.6 is 0 Å². The Kier molecular flexibility index (Phi) is 5.06. The predicted octanol–water partition coefficient (Wildman–Crippen LogP) is 3.03. The number of nitrogens with zero attached hydrogens (tertiary/aromatic N) is 4. The van der Waals surface area contributed by atoms with Gasteiger partial charge in [0.1, 0.15) is 5.76 Å². The fourth-order valence-electron chi connectivity index (χ4n) is 3.27. The lowest BCUT2D eigenvalue weighted by molar-refractivity contribution is 0.0780. The molecule has 134 valence electrons. The molecule has 1 fully saturated rings. The fourth-order valence-corrected chi connectivity index (χ4v) is 3.27. The van der Waals surface area contributed by atoms with Crippen LogP contribution in [-0.2, 0) is 6.42 Å². The molecule has 25 heavy (non-hydrogen) atoms. The van der Waals surface area contributed by atoms with Gasteiger partial charge in [-0.25, -0.2) is 0 Å². The third kappa shape index (κ3) is 3.83. The van der Waals surface area contributed by atoms with Gasteiger partial charge in [0.05, 0.1) is 0 Å². The molecule has 0 spiro atoms. The van der Waals surface area contributed by atoms with Crippen LogP contribution < -0.4 is 4.90 Å². The summed E-state index contributed by atoms with van der Waals surface area (Å²) in [5.41, 5.74) is 3.63. The number of rotatable bonds is 5. The van der Waals surface area contributed by atoms with E-state index in [9.17, 15) is 4.79 Å². The van der Waals surface area contributed by atoms with Crippen molar-refractivity contribution in [3.05, 3.63) is 41.0 Å². The number of anilines is 1. The molecule has 6 heteroatoms. The maximum atomic E-state index is 12.7. The fraction of sp³-hybridized carbons (Fsp3) is 0.526. The summed E-state index contributed by atoms with van der Waals surface area (Å²) in [5.74, 6) is 0.997. The topological polar surface area (TPSA) is 62.5 Å². The van der Waals surface area contributed by atoms with E-state index in [2.05, 4.69) is 29.1 Å². The molecule has 3 rings (SSSR count). The van der Waals surface area contributed by atoms with E-state index < -0.39 is 0 Å². The van der Waals surface area contributed by atoms with Crippen molar-refractivity contribution in [2.24, 2.45) is 0 Å². The number of carbonyl (C=O) groups excluding carboxylic acids is 1. The third-order valence-corrected chi connectivity index (χ3v) is 4.64. The van der Waals surface area contributed by atoms with Crippen molar-refractivity contribution in [1.82, 2.24) is 15.0 Å². The van der Waals surface area contributed by atoms with E-state index in [4.69, 9.17) is 9.51 Å². The van der Waals surface area contributed by atoms with E-state index in [0.717, 1.165) is 48.6 Å². The van der Waals surface area contributed by atoms with Crippen molar-refractivity contribution in [1.29, 1.82) is 0 Å². The lowest BCUT2D eigenvalue weighted by Crippen LogP contribution is -2.28. The number of amides is 1. The van der Waals surface area contributed by atoms with Crippen molar-refractivity contribution in [3.8, 4) is 0 Å². The Labute approximate surface area is 148 Å². The molecule has 1 unspecified atom stereocenters. The van der Waals surface area contributed by atoms with Crippen molar-refractivity contribution in [2.45, 2.75) is 39.0 Å². The smallest absolute Gasteiger partial charge is 0.276 e. The van der Waals surface area contributed by atoms with E-state index in [1.165, 1.54) is 0 Å². The zero-order chi connectivity index (χ0) is 18.0.